The van der Waals surface area contributed by atoms with Gasteiger partial charge in [-0.2, -0.15) is 0 Å². The summed E-state index contributed by atoms with van der Waals surface area (Å²) >= 11 is 8.00. The Morgan fingerprint density at radius 1 is 1.00 bits per heavy atom. The number of thioether (sulfide) groups is 1. The van der Waals surface area contributed by atoms with Crippen LogP contribution in [0.5, 0.6) is 0 Å². The van der Waals surface area contributed by atoms with Gasteiger partial charge < -0.3 is 26.0 Å². The number of nitrogens with zero attached hydrogens (tertiary/aromatic N) is 3. The molecule has 0 saturated carbocycles. The summed E-state index contributed by atoms with van der Waals surface area (Å²) < 4.78 is 5.45. The number of urea groups is 1. The topological polar surface area (TPSA) is 122 Å². The number of halogens is 1. The van der Waals surface area contributed by atoms with Crippen LogP contribution in [-0.2, 0) is 4.74 Å². The van der Waals surface area contributed by atoms with Gasteiger partial charge in [0.15, 0.2) is 5.82 Å². The smallest absolute Gasteiger partial charge is 0.323 e. The van der Waals surface area contributed by atoms with E-state index in [-0.39, 0.29) is 0 Å². The molecule has 0 unspecified atom stereocenters. The van der Waals surface area contributed by atoms with Crippen LogP contribution >= 0.6 is 23.4 Å². The van der Waals surface area contributed by atoms with Gasteiger partial charge in [0.1, 0.15) is 11.0 Å². The average molecular weight is 499 g/mol. The van der Waals surface area contributed by atoms with Gasteiger partial charge in [0, 0.05) is 35.6 Å². The Hall–Kier alpha value is -3.34. The van der Waals surface area contributed by atoms with E-state index in [1.807, 2.05) is 18.4 Å². The number of nitrogens with one attached hydrogen (secondary N) is 2. The molecule has 1 fully saturated rings. The first-order chi connectivity index (χ1) is 16.4. The molecule has 2 aromatic carbocycles. The van der Waals surface area contributed by atoms with Crippen molar-refractivity contribution in [1.82, 2.24) is 9.97 Å². The second-order valence-corrected chi connectivity index (χ2v) is 8.57. The van der Waals surface area contributed by atoms with Gasteiger partial charge in [-0.15, -0.1) is 11.8 Å². The number of primary amides is 1. The molecular weight excluding hydrogens is 476 g/mol. The highest BCUT2D eigenvalue weighted by Crippen LogP contribution is 2.35. The summed E-state index contributed by atoms with van der Waals surface area (Å²) in [5.41, 5.74) is 7.50. The van der Waals surface area contributed by atoms with Crippen molar-refractivity contribution >= 4 is 52.5 Å². The first-order valence-corrected chi connectivity index (χ1v) is 12.1. The van der Waals surface area contributed by atoms with E-state index in [2.05, 4.69) is 20.5 Å². The number of aromatic nitrogens is 2. The van der Waals surface area contributed by atoms with Crippen LogP contribution in [-0.4, -0.2) is 54.5 Å². The largest absolute Gasteiger partial charge is 0.378 e. The molecule has 34 heavy (non-hydrogen) atoms. The van der Waals surface area contributed by atoms with E-state index < -0.39 is 11.9 Å². The predicted octanol–water partition coefficient (Wildman–Crippen LogP) is 4.10. The van der Waals surface area contributed by atoms with Gasteiger partial charge in [-0.1, -0.05) is 11.6 Å². The van der Waals surface area contributed by atoms with Crippen molar-refractivity contribution in [2.45, 2.75) is 4.90 Å². The Morgan fingerprint density at radius 3 is 2.15 bits per heavy atom. The fraction of sp³-hybridized carbons (Fsp3) is 0.217. The normalized spacial score (nSPS) is 13.4. The number of nitrogens with two attached hydrogens (primary N) is 1. The van der Waals surface area contributed by atoms with Gasteiger partial charge in [0.25, 0.3) is 0 Å². The van der Waals surface area contributed by atoms with Crippen LogP contribution < -0.4 is 21.3 Å². The minimum absolute atomic E-state index is 0.367. The number of ether oxygens (including phenoxy) is 1. The zero-order chi connectivity index (χ0) is 24.1. The molecule has 1 aliphatic rings. The van der Waals surface area contributed by atoms with Crippen molar-refractivity contribution in [3.8, 4) is 11.4 Å². The molecule has 1 aliphatic heterocycles. The molecule has 3 amide bonds. The summed E-state index contributed by atoms with van der Waals surface area (Å²) in [7, 11) is 0. The number of carbonyl (C=O) groups excluding carboxylic acids is 2. The zero-order valence-corrected chi connectivity index (χ0v) is 19.9. The van der Waals surface area contributed by atoms with Crippen LogP contribution in [0.25, 0.3) is 11.4 Å². The van der Waals surface area contributed by atoms with E-state index in [4.69, 9.17) is 27.1 Å². The molecule has 3 aromatic rings. The lowest BCUT2D eigenvalue weighted by Gasteiger charge is -2.29. The minimum atomic E-state index is -0.526. The molecule has 11 heteroatoms. The average Bonchev–Trinajstić information content (AvgIpc) is 2.85. The molecule has 0 atom stereocenters. The number of hydrogen-bond donors (Lipinski definition) is 3. The fourth-order valence-electron chi connectivity index (χ4n) is 3.42. The summed E-state index contributed by atoms with van der Waals surface area (Å²) in [5.74, 6) is 0.783. The second-order valence-electron chi connectivity index (χ2n) is 7.39. The second kappa shape index (κ2) is 10.7. The van der Waals surface area contributed by atoms with Crippen LogP contribution in [0.2, 0.25) is 5.15 Å². The molecule has 0 aliphatic carbocycles. The third kappa shape index (κ3) is 5.58. The number of benzene rings is 2. The van der Waals surface area contributed by atoms with Gasteiger partial charge in [0.2, 0.25) is 5.91 Å². The lowest BCUT2D eigenvalue weighted by Crippen LogP contribution is -2.37. The number of morpholine rings is 1. The molecule has 1 aromatic heterocycles. The van der Waals surface area contributed by atoms with Crippen molar-refractivity contribution in [1.29, 1.82) is 0 Å². The van der Waals surface area contributed by atoms with Crippen molar-refractivity contribution in [2.75, 3.05) is 48.1 Å². The van der Waals surface area contributed by atoms with Crippen LogP contribution in [0.3, 0.4) is 0 Å². The summed E-state index contributed by atoms with van der Waals surface area (Å²) in [6, 6.07) is 13.1. The molecule has 0 radical (unpaired) electrons. The Labute approximate surface area is 206 Å². The lowest BCUT2D eigenvalue weighted by atomic mass is 10.2. The number of carbonyl (C=O) groups is 2. The third-order valence-electron chi connectivity index (χ3n) is 5.15. The van der Waals surface area contributed by atoms with Gasteiger partial charge in [-0.25, -0.2) is 14.8 Å². The van der Waals surface area contributed by atoms with Crippen LogP contribution in [0.4, 0.5) is 22.0 Å². The van der Waals surface area contributed by atoms with E-state index in [1.54, 1.807) is 36.4 Å². The van der Waals surface area contributed by atoms with Crippen molar-refractivity contribution < 1.29 is 14.3 Å². The number of amides is 3. The number of anilines is 3. The van der Waals surface area contributed by atoms with Crippen LogP contribution in [0.1, 0.15) is 10.4 Å². The quantitative estimate of drug-likeness (QED) is 0.345. The highest BCUT2D eigenvalue weighted by Gasteiger charge is 2.21. The molecule has 1 saturated heterocycles. The highest BCUT2D eigenvalue weighted by atomic mass is 35.5. The molecule has 176 valence electrons. The van der Waals surface area contributed by atoms with Gasteiger partial charge >= 0.3 is 6.03 Å². The lowest BCUT2D eigenvalue weighted by molar-refractivity contribution is 0.1000. The van der Waals surface area contributed by atoms with E-state index in [1.165, 1.54) is 11.8 Å². The third-order valence-corrected chi connectivity index (χ3v) is 6.32. The predicted molar refractivity (Wildman–Crippen MR) is 135 cm³/mol. The maximum Gasteiger partial charge on any atom is 0.323 e. The molecule has 0 spiro atoms. The molecule has 2 heterocycles. The summed E-state index contributed by atoms with van der Waals surface area (Å²) in [4.78, 5) is 35.7. The van der Waals surface area contributed by atoms with E-state index in [9.17, 15) is 9.59 Å². The Morgan fingerprint density at radius 2 is 1.59 bits per heavy atom. The maximum atomic E-state index is 12.3. The standard InChI is InChI=1S/C23H23ClN6O3S/c1-34-18-19(24)28-21(29-22(18)30-10-12-33-13-11-30)15-4-8-17(9-5-15)27-23(32)26-16-6-2-14(3-7-16)20(25)31/h2-9H,10-13H2,1H3,(H2,25,31)(H2,26,27,32). The Kier molecular flexibility index (Phi) is 7.51. The monoisotopic (exact) mass is 498 g/mol. The first-order valence-electron chi connectivity index (χ1n) is 10.5. The van der Waals surface area contributed by atoms with Crippen LogP contribution in [0, 0.1) is 0 Å². The number of hydrogen-bond acceptors (Lipinski definition) is 7. The molecule has 0 bridgehead atoms. The van der Waals surface area contributed by atoms with Crippen molar-refractivity contribution in [2.24, 2.45) is 5.73 Å². The SMILES string of the molecule is CSc1c(Cl)nc(-c2ccc(NC(=O)Nc3ccc(C(N)=O)cc3)cc2)nc1N1CCOCC1. The van der Waals surface area contributed by atoms with Crippen molar-refractivity contribution in [3.05, 3.63) is 59.2 Å². The van der Waals surface area contributed by atoms with E-state index >= 15 is 0 Å². The van der Waals surface area contributed by atoms with Crippen LogP contribution in [0.15, 0.2) is 53.4 Å². The first kappa shape index (κ1) is 23.8. The van der Waals surface area contributed by atoms with Gasteiger partial charge in [-0.05, 0) is 54.8 Å². The Bertz CT molecular complexity index is 1180. The summed E-state index contributed by atoms with van der Waals surface area (Å²) in [5, 5.41) is 5.88. The molecule has 4 rings (SSSR count). The Balaban J connectivity index is 1.47. The molecule has 9 nitrogen and oxygen atoms in total. The number of rotatable bonds is 6. The van der Waals surface area contributed by atoms with Crippen molar-refractivity contribution in [3.63, 3.8) is 0 Å². The molecular formula is C23H23ClN6O3S. The highest BCUT2D eigenvalue weighted by molar-refractivity contribution is 7.98. The van der Waals surface area contributed by atoms with E-state index in [0.717, 1.165) is 29.4 Å². The maximum absolute atomic E-state index is 12.3. The van der Waals surface area contributed by atoms with Gasteiger partial charge in [0.05, 0.1) is 18.1 Å². The zero-order valence-electron chi connectivity index (χ0n) is 18.4. The molecule has 4 N–H and O–H groups in total. The summed E-state index contributed by atoms with van der Waals surface area (Å²) in [6.07, 6.45) is 1.95. The minimum Gasteiger partial charge on any atom is -0.378 e. The summed E-state index contributed by atoms with van der Waals surface area (Å²) in [6.45, 7) is 2.76. The fourth-order valence-corrected chi connectivity index (χ4v) is 4.39. The van der Waals surface area contributed by atoms with E-state index in [0.29, 0.717) is 41.1 Å². The van der Waals surface area contributed by atoms with Gasteiger partial charge in [-0.3, -0.25) is 4.79 Å².